The first-order valence-corrected chi connectivity index (χ1v) is 9.05. The number of hydrogen-bond acceptors (Lipinski definition) is 2. The van der Waals surface area contributed by atoms with Crippen LogP contribution in [0, 0.1) is 0 Å². The Hall–Kier alpha value is -3.39. The van der Waals surface area contributed by atoms with Crippen LogP contribution in [0.3, 0.4) is 0 Å². The molecule has 2 heteroatoms. The highest BCUT2D eigenvalue weighted by Crippen LogP contribution is 2.36. The van der Waals surface area contributed by atoms with Gasteiger partial charge < -0.3 is 4.90 Å². The average Bonchev–Trinajstić information content (AvgIpc) is 2.73. The van der Waals surface area contributed by atoms with E-state index in [-0.39, 0.29) is 5.78 Å². The van der Waals surface area contributed by atoms with Gasteiger partial charge in [-0.2, -0.15) is 0 Å². The van der Waals surface area contributed by atoms with Gasteiger partial charge >= 0.3 is 0 Å². The van der Waals surface area contributed by atoms with Crippen molar-refractivity contribution in [3.63, 3.8) is 0 Å². The van der Waals surface area contributed by atoms with E-state index < -0.39 is 0 Å². The molecule has 0 radical (unpaired) electrons. The predicted molar refractivity (Wildman–Crippen MR) is 114 cm³/mol. The van der Waals surface area contributed by atoms with Crippen molar-refractivity contribution in [3.05, 3.63) is 102 Å². The van der Waals surface area contributed by atoms with Crippen LogP contribution >= 0.6 is 0 Å². The quantitative estimate of drug-likeness (QED) is 0.433. The normalized spacial score (nSPS) is 10.7. The Labute approximate surface area is 159 Å². The number of anilines is 1. The van der Waals surface area contributed by atoms with Crippen molar-refractivity contribution >= 4 is 22.2 Å². The summed E-state index contributed by atoms with van der Waals surface area (Å²) >= 11 is 0. The first kappa shape index (κ1) is 17.0. The number of nitrogens with zero attached hydrogens (tertiary/aromatic N) is 1. The second-order valence-corrected chi connectivity index (χ2v) is 6.81. The second-order valence-electron chi connectivity index (χ2n) is 6.81. The molecule has 0 unspecified atom stereocenters. The largest absolute Gasteiger partial charge is 0.377 e. The standard InChI is InChI=1S/C25H21NO/c1-26(2)24-17-16-21(19-12-6-8-14-22(19)24)20-13-7-9-15-23(20)25(27)18-10-4-3-5-11-18/h3-17H,1-2H3. The van der Waals surface area contributed by atoms with Crippen LogP contribution in [0.5, 0.6) is 0 Å². The van der Waals surface area contributed by atoms with Crippen LogP contribution in [0.4, 0.5) is 5.69 Å². The smallest absolute Gasteiger partial charge is 0.193 e. The fraction of sp³-hybridized carbons (Fsp3) is 0.0800. The van der Waals surface area contributed by atoms with Crippen LogP contribution < -0.4 is 4.90 Å². The molecular weight excluding hydrogens is 330 g/mol. The van der Waals surface area contributed by atoms with Gasteiger partial charge in [0.2, 0.25) is 0 Å². The molecule has 4 aromatic rings. The van der Waals surface area contributed by atoms with Crippen molar-refractivity contribution in [2.45, 2.75) is 0 Å². The van der Waals surface area contributed by atoms with E-state index in [9.17, 15) is 4.79 Å². The van der Waals surface area contributed by atoms with Crippen molar-refractivity contribution in [3.8, 4) is 11.1 Å². The average molecular weight is 351 g/mol. The molecule has 4 aromatic carbocycles. The number of carbonyl (C=O) groups is 1. The van der Waals surface area contributed by atoms with Gasteiger partial charge in [0.15, 0.2) is 5.78 Å². The Morgan fingerprint density at radius 2 is 1.26 bits per heavy atom. The summed E-state index contributed by atoms with van der Waals surface area (Å²) in [5.74, 6) is 0.0481. The maximum Gasteiger partial charge on any atom is 0.193 e. The van der Waals surface area contributed by atoms with Gasteiger partial charge in [-0.05, 0) is 22.6 Å². The van der Waals surface area contributed by atoms with Crippen LogP contribution in [-0.2, 0) is 0 Å². The molecule has 0 aliphatic heterocycles. The fourth-order valence-electron chi connectivity index (χ4n) is 3.57. The van der Waals surface area contributed by atoms with Gasteiger partial charge in [-0.1, -0.05) is 84.9 Å². The van der Waals surface area contributed by atoms with Crippen molar-refractivity contribution in [2.75, 3.05) is 19.0 Å². The van der Waals surface area contributed by atoms with E-state index in [1.807, 2.05) is 74.8 Å². The number of carbonyl (C=O) groups excluding carboxylic acids is 1. The molecule has 132 valence electrons. The topological polar surface area (TPSA) is 20.3 Å². The van der Waals surface area contributed by atoms with Gasteiger partial charge in [0.1, 0.15) is 0 Å². The molecule has 27 heavy (non-hydrogen) atoms. The van der Waals surface area contributed by atoms with E-state index in [4.69, 9.17) is 0 Å². The van der Waals surface area contributed by atoms with Crippen molar-refractivity contribution < 1.29 is 4.79 Å². The molecule has 0 amide bonds. The predicted octanol–water partition coefficient (Wildman–Crippen LogP) is 5.80. The molecule has 0 saturated heterocycles. The zero-order valence-corrected chi connectivity index (χ0v) is 15.5. The van der Waals surface area contributed by atoms with E-state index in [2.05, 4.69) is 35.2 Å². The van der Waals surface area contributed by atoms with Crippen LogP contribution in [-0.4, -0.2) is 19.9 Å². The van der Waals surface area contributed by atoms with Gasteiger partial charge in [-0.25, -0.2) is 0 Å². The summed E-state index contributed by atoms with van der Waals surface area (Å²) < 4.78 is 0. The first-order valence-electron chi connectivity index (χ1n) is 9.05. The minimum atomic E-state index is 0.0481. The van der Waals surface area contributed by atoms with E-state index in [0.717, 1.165) is 22.1 Å². The molecule has 0 heterocycles. The summed E-state index contributed by atoms with van der Waals surface area (Å²) in [6.07, 6.45) is 0. The maximum atomic E-state index is 13.1. The number of hydrogen-bond donors (Lipinski definition) is 0. The molecule has 0 N–H and O–H groups in total. The Morgan fingerprint density at radius 1 is 0.630 bits per heavy atom. The number of rotatable bonds is 4. The Kier molecular flexibility index (Phi) is 4.47. The molecule has 0 aliphatic carbocycles. The summed E-state index contributed by atoms with van der Waals surface area (Å²) in [5, 5.41) is 2.33. The van der Waals surface area contributed by atoms with Crippen molar-refractivity contribution in [1.29, 1.82) is 0 Å². The van der Waals surface area contributed by atoms with Crippen molar-refractivity contribution in [1.82, 2.24) is 0 Å². The SMILES string of the molecule is CN(C)c1ccc(-c2ccccc2C(=O)c2ccccc2)c2ccccc12. The molecule has 0 atom stereocenters. The molecular formula is C25H21NO. The monoisotopic (exact) mass is 351 g/mol. The van der Waals surface area contributed by atoms with Crippen LogP contribution in [0.2, 0.25) is 0 Å². The van der Waals surface area contributed by atoms with E-state index in [1.54, 1.807) is 0 Å². The van der Waals surface area contributed by atoms with Gasteiger partial charge in [0.25, 0.3) is 0 Å². The number of ketones is 1. The van der Waals surface area contributed by atoms with Crippen LogP contribution in [0.1, 0.15) is 15.9 Å². The number of benzene rings is 4. The first-order chi connectivity index (χ1) is 13.2. The van der Waals surface area contributed by atoms with E-state index >= 15 is 0 Å². The maximum absolute atomic E-state index is 13.1. The summed E-state index contributed by atoms with van der Waals surface area (Å²) in [5.41, 5.74) is 4.65. The van der Waals surface area contributed by atoms with Gasteiger partial charge in [0, 0.05) is 36.3 Å². The lowest BCUT2D eigenvalue weighted by molar-refractivity contribution is 0.103. The molecule has 0 aliphatic rings. The van der Waals surface area contributed by atoms with Crippen molar-refractivity contribution in [2.24, 2.45) is 0 Å². The van der Waals surface area contributed by atoms with E-state index in [1.165, 1.54) is 11.1 Å². The van der Waals surface area contributed by atoms with Crippen LogP contribution in [0.15, 0.2) is 91.0 Å². The highest BCUT2D eigenvalue weighted by atomic mass is 16.1. The van der Waals surface area contributed by atoms with Gasteiger partial charge in [-0.3, -0.25) is 4.79 Å². The lowest BCUT2D eigenvalue weighted by atomic mass is 9.90. The third kappa shape index (κ3) is 3.11. The van der Waals surface area contributed by atoms with Gasteiger partial charge in [0.05, 0.1) is 0 Å². The van der Waals surface area contributed by atoms with Crippen LogP contribution in [0.25, 0.3) is 21.9 Å². The Morgan fingerprint density at radius 3 is 2.00 bits per heavy atom. The summed E-state index contributed by atoms with van der Waals surface area (Å²) in [6, 6.07) is 29.9. The summed E-state index contributed by atoms with van der Waals surface area (Å²) in [7, 11) is 4.10. The second kappa shape index (κ2) is 7.08. The summed E-state index contributed by atoms with van der Waals surface area (Å²) in [4.78, 5) is 15.3. The third-order valence-electron chi connectivity index (χ3n) is 4.88. The molecule has 0 bridgehead atoms. The highest BCUT2D eigenvalue weighted by molar-refractivity contribution is 6.15. The Bertz CT molecular complexity index is 1110. The molecule has 0 spiro atoms. The lowest BCUT2D eigenvalue weighted by Gasteiger charge is -2.18. The molecule has 4 rings (SSSR count). The highest BCUT2D eigenvalue weighted by Gasteiger charge is 2.16. The molecule has 2 nitrogen and oxygen atoms in total. The Balaban J connectivity index is 1.94. The zero-order chi connectivity index (χ0) is 18.8. The summed E-state index contributed by atoms with van der Waals surface area (Å²) in [6.45, 7) is 0. The third-order valence-corrected chi connectivity index (χ3v) is 4.88. The minimum absolute atomic E-state index is 0.0481. The number of fused-ring (bicyclic) bond motifs is 1. The lowest BCUT2D eigenvalue weighted by Crippen LogP contribution is -2.09. The zero-order valence-electron chi connectivity index (χ0n) is 15.5. The molecule has 0 saturated carbocycles. The minimum Gasteiger partial charge on any atom is -0.377 e. The fourth-order valence-corrected chi connectivity index (χ4v) is 3.57. The molecule has 0 aromatic heterocycles. The molecule has 0 fully saturated rings. The van der Waals surface area contributed by atoms with E-state index in [0.29, 0.717) is 5.56 Å². The van der Waals surface area contributed by atoms with Gasteiger partial charge in [-0.15, -0.1) is 0 Å².